The zero-order valence-electron chi connectivity index (χ0n) is 8.70. The summed E-state index contributed by atoms with van der Waals surface area (Å²) >= 11 is 0. The molecule has 0 saturated carbocycles. The maximum Gasteiger partial charge on any atom is 0.0856 e. The van der Waals surface area contributed by atoms with E-state index >= 15 is 0 Å². The smallest absolute Gasteiger partial charge is 0.0856 e. The molecule has 0 spiro atoms. The maximum atomic E-state index is 4.05. The van der Waals surface area contributed by atoms with E-state index in [0.717, 1.165) is 18.7 Å². The highest BCUT2D eigenvalue weighted by Crippen LogP contribution is 2.29. The van der Waals surface area contributed by atoms with Gasteiger partial charge < -0.3 is 4.90 Å². The van der Waals surface area contributed by atoms with E-state index in [0.29, 0.717) is 0 Å². The molecule has 1 aliphatic rings. The predicted octanol–water partition coefficient (Wildman–Crippen LogP) is 2.78. The van der Waals surface area contributed by atoms with Crippen molar-refractivity contribution in [2.45, 2.75) is 12.8 Å². The van der Waals surface area contributed by atoms with Crippen LogP contribution >= 0.6 is 0 Å². The van der Waals surface area contributed by atoms with Crippen LogP contribution in [0.4, 0.5) is 11.4 Å². The third kappa shape index (κ3) is 1.62. The second kappa shape index (κ2) is 3.78. The van der Waals surface area contributed by atoms with Crippen LogP contribution in [0, 0.1) is 0 Å². The van der Waals surface area contributed by atoms with Crippen LogP contribution in [0.1, 0.15) is 12.0 Å². The highest BCUT2D eigenvalue weighted by Gasteiger charge is 2.13. The molecule has 0 aromatic heterocycles. The molecule has 74 valence electrons. The van der Waals surface area contributed by atoms with E-state index in [4.69, 9.17) is 0 Å². The molecule has 0 saturated heterocycles. The summed E-state index contributed by atoms with van der Waals surface area (Å²) in [6, 6.07) is 6.30. The van der Waals surface area contributed by atoms with Crippen LogP contribution in [0.25, 0.3) is 0 Å². The van der Waals surface area contributed by atoms with Crippen molar-refractivity contribution in [3.05, 3.63) is 23.8 Å². The SMILES string of the molecule is CN=Nc1ccc2c(c1)CCCN2C. The lowest BCUT2D eigenvalue weighted by Crippen LogP contribution is -2.24. The molecule has 3 heteroatoms. The highest BCUT2D eigenvalue weighted by molar-refractivity contribution is 5.60. The van der Waals surface area contributed by atoms with Crippen molar-refractivity contribution in [1.82, 2.24) is 0 Å². The maximum absolute atomic E-state index is 4.05. The summed E-state index contributed by atoms with van der Waals surface area (Å²) in [5, 5.41) is 7.83. The Balaban J connectivity index is 2.38. The van der Waals surface area contributed by atoms with Gasteiger partial charge in [0.05, 0.1) is 5.69 Å². The van der Waals surface area contributed by atoms with E-state index in [1.807, 2.05) is 6.07 Å². The number of fused-ring (bicyclic) bond motifs is 1. The highest BCUT2D eigenvalue weighted by atomic mass is 15.1. The fourth-order valence-electron chi connectivity index (χ4n) is 1.95. The van der Waals surface area contributed by atoms with E-state index in [9.17, 15) is 0 Å². The van der Waals surface area contributed by atoms with E-state index in [1.54, 1.807) is 7.05 Å². The first-order valence-corrected chi connectivity index (χ1v) is 4.95. The van der Waals surface area contributed by atoms with Crippen molar-refractivity contribution in [2.24, 2.45) is 10.2 Å². The van der Waals surface area contributed by atoms with E-state index in [-0.39, 0.29) is 0 Å². The molecule has 0 bridgehead atoms. The number of nitrogens with zero attached hydrogens (tertiary/aromatic N) is 3. The molecule has 14 heavy (non-hydrogen) atoms. The molecule has 1 aliphatic heterocycles. The first-order valence-electron chi connectivity index (χ1n) is 4.95. The molecular formula is C11H15N3. The van der Waals surface area contributed by atoms with Gasteiger partial charge in [-0.1, -0.05) is 0 Å². The van der Waals surface area contributed by atoms with Crippen molar-refractivity contribution < 1.29 is 0 Å². The molecule has 1 heterocycles. The number of anilines is 1. The molecule has 1 aromatic rings. The van der Waals surface area contributed by atoms with E-state index in [2.05, 4.69) is 34.3 Å². The van der Waals surface area contributed by atoms with Crippen LogP contribution in [0.15, 0.2) is 28.4 Å². The van der Waals surface area contributed by atoms with Crippen LogP contribution in [0.2, 0.25) is 0 Å². The Hall–Kier alpha value is -1.38. The minimum Gasteiger partial charge on any atom is -0.374 e. The van der Waals surface area contributed by atoms with Gasteiger partial charge in [-0.3, -0.25) is 0 Å². The molecule has 0 radical (unpaired) electrons. The summed E-state index contributed by atoms with van der Waals surface area (Å²) in [6.07, 6.45) is 2.39. The van der Waals surface area contributed by atoms with Gasteiger partial charge in [0, 0.05) is 26.3 Å². The van der Waals surface area contributed by atoms with Gasteiger partial charge in [-0.15, -0.1) is 0 Å². The molecule has 0 N–H and O–H groups in total. The summed E-state index contributed by atoms with van der Waals surface area (Å²) in [4.78, 5) is 2.30. The second-order valence-corrected chi connectivity index (χ2v) is 3.64. The number of azo groups is 1. The minimum absolute atomic E-state index is 0.960. The molecule has 3 nitrogen and oxygen atoms in total. The Morgan fingerprint density at radius 1 is 1.36 bits per heavy atom. The van der Waals surface area contributed by atoms with Gasteiger partial charge in [-0.25, -0.2) is 0 Å². The number of aryl methyl sites for hydroxylation is 1. The normalized spacial score (nSPS) is 16.0. The van der Waals surface area contributed by atoms with Gasteiger partial charge in [0.15, 0.2) is 0 Å². The fraction of sp³-hybridized carbons (Fsp3) is 0.455. The van der Waals surface area contributed by atoms with Crippen molar-refractivity contribution in [3.63, 3.8) is 0 Å². The predicted molar refractivity (Wildman–Crippen MR) is 58.5 cm³/mol. The first kappa shape index (κ1) is 9.19. The Labute approximate surface area is 84.5 Å². The summed E-state index contributed by atoms with van der Waals surface area (Å²) in [5.41, 5.74) is 3.69. The third-order valence-electron chi connectivity index (χ3n) is 2.63. The Kier molecular flexibility index (Phi) is 2.48. The Morgan fingerprint density at radius 2 is 2.21 bits per heavy atom. The minimum atomic E-state index is 0.960. The van der Waals surface area contributed by atoms with E-state index in [1.165, 1.54) is 17.7 Å². The average Bonchev–Trinajstić information content (AvgIpc) is 2.18. The topological polar surface area (TPSA) is 28.0 Å². The van der Waals surface area contributed by atoms with Gasteiger partial charge in [-0.05, 0) is 36.6 Å². The molecular weight excluding hydrogens is 174 g/mol. The Bertz CT molecular complexity index is 358. The van der Waals surface area contributed by atoms with Gasteiger partial charge in [0.2, 0.25) is 0 Å². The van der Waals surface area contributed by atoms with Gasteiger partial charge in [-0.2, -0.15) is 10.2 Å². The average molecular weight is 189 g/mol. The summed E-state index contributed by atoms with van der Waals surface area (Å²) in [7, 11) is 3.84. The number of benzene rings is 1. The van der Waals surface area contributed by atoms with Crippen LogP contribution < -0.4 is 4.90 Å². The quantitative estimate of drug-likeness (QED) is 0.624. The zero-order chi connectivity index (χ0) is 9.97. The molecule has 0 aliphatic carbocycles. The largest absolute Gasteiger partial charge is 0.374 e. The van der Waals surface area contributed by atoms with Crippen LogP contribution in [-0.2, 0) is 6.42 Å². The molecule has 1 aromatic carbocycles. The number of rotatable bonds is 1. The lowest BCUT2D eigenvalue weighted by molar-refractivity contribution is 0.744. The van der Waals surface area contributed by atoms with Gasteiger partial charge >= 0.3 is 0 Å². The van der Waals surface area contributed by atoms with Gasteiger partial charge in [0.1, 0.15) is 0 Å². The molecule has 2 rings (SSSR count). The Morgan fingerprint density at radius 3 is 3.00 bits per heavy atom. The third-order valence-corrected chi connectivity index (χ3v) is 2.63. The summed E-state index contributed by atoms with van der Waals surface area (Å²) in [6.45, 7) is 1.15. The fourth-order valence-corrected chi connectivity index (χ4v) is 1.95. The van der Waals surface area contributed by atoms with E-state index < -0.39 is 0 Å². The first-order chi connectivity index (χ1) is 6.81. The lowest BCUT2D eigenvalue weighted by Gasteiger charge is -2.27. The number of hydrogen-bond donors (Lipinski definition) is 0. The second-order valence-electron chi connectivity index (χ2n) is 3.64. The van der Waals surface area contributed by atoms with Crippen LogP contribution in [0.3, 0.4) is 0 Å². The monoisotopic (exact) mass is 189 g/mol. The van der Waals surface area contributed by atoms with Crippen molar-refractivity contribution in [2.75, 3.05) is 25.5 Å². The summed E-state index contributed by atoms with van der Waals surface area (Å²) in [5.74, 6) is 0. The zero-order valence-corrected chi connectivity index (χ0v) is 8.70. The van der Waals surface area contributed by atoms with Crippen LogP contribution in [-0.4, -0.2) is 20.6 Å². The van der Waals surface area contributed by atoms with Crippen molar-refractivity contribution in [1.29, 1.82) is 0 Å². The van der Waals surface area contributed by atoms with Crippen molar-refractivity contribution in [3.8, 4) is 0 Å². The summed E-state index contributed by atoms with van der Waals surface area (Å²) < 4.78 is 0. The molecule has 0 unspecified atom stereocenters. The molecule has 0 atom stereocenters. The van der Waals surface area contributed by atoms with Crippen LogP contribution in [0.5, 0.6) is 0 Å². The lowest BCUT2D eigenvalue weighted by atomic mass is 10.0. The van der Waals surface area contributed by atoms with Crippen molar-refractivity contribution >= 4 is 11.4 Å². The van der Waals surface area contributed by atoms with Gasteiger partial charge in [0.25, 0.3) is 0 Å². The number of hydrogen-bond acceptors (Lipinski definition) is 3. The molecule has 0 fully saturated rings. The standard InChI is InChI=1S/C11H15N3/c1-12-13-10-5-6-11-9(8-10)4-3-7-14(11)2/h5-6,8H,3-4,7H2,1-2H3. The molecule has 0 amide bonds.